The molecule has 2 rings (SSSR count). The Bertz CT molecular complexity index is 376. The summed E-state index contributed by atoms with van der Waals surface area (Å²) in [5.74, 6) is 0.908. The van der Waals surface area contributed by atoms with E-state index in [9.17, 15) is 0 Å². The largest absolute Gasteiger partial charge is 0.310 e. The molecule has 1 heterocycles. The van der Waals surface area contributed by atoms with Crippen molar-refractivity contribution in [3.05, 3.63) is 35.9 Å². The predicted molar refractivity (Wildman–Crippen MR) is 86.9 cm³/mol. The van der Waals surface area contributed by atoms with E-state index < -0.39 is 0 Å². The Morgan fingerprint density at radius 2 is 1.95 bits per heavy atom. The zero-order valence-corrected chi connectivity index (χ0v) is 13.3. The normalized spacial score (nSPS) is 25.6. The summed E-state index contributed by atoms with van der Waals surface area (Å²) in [5.41, 5.74) is 1.43. The number of nitrogens with one attached hydrogen (secondary N) is 1. The Hall–Kier alpha value is -0.860. The van der Waals surface area contributed by atoms with Crippen LogP contribution in [0.4, 0.5) is 0 Å². The number of benzene rings is 1. The average Bonchev–Trinajstić information content (AvgIpc) is 2.49. The molecule has 2 nitrogen and oxygen atoms in total. The van der Waals surface area contributed by atoms with E-state index in [1.165, 1.54) is 37.8 Å². The van der Waals surface area contributed by atoms with Crippen molar-refractivity contribution in [2.24, 2.45) is 5.92 Å². The quantitative estimate of drug-likeness (QED) is 0.847. The summed E-state index contributed by atoms with van der Waals surface area (Å²) in [7, 11) is 2.31. The monoisotopic (exact) mass is 274 g/mol. The van der Waals surface area contributed by atoms with Gasteiger partial charge in [-0.1, -0.05) is 50.6 Å². The number of likely N-dealkylation sites (tertiary alicyclic amines) is 1. The summed E-state index contributed by atoms with van der Waals surface area (Å²) in [5, 5.41) is 3.67. The Kier molecular flexibility index (Phi) is 6.06. The van der Waals surface area contributed by atoms with Gasteiger partial charge < -0.3 is 10.2 Å². The highest BCUT2D eigenvalue weighted by Gasteiger charge is 2.27. The molecule has 1 aliphatic heterocycles. The molecule has 0 radical (unpaired) electrons. The molecule has 0 aromatic heterocycles. The van der Waals surface area contributed by atoms with Gasteiger partial charge in [-0.3, -0.25) is 0 Å². The van der Waals surface area contributed by atoms with Crippen LogP contribution >= 0.6 is 0 Å². The lowest BCUT2D eigenvalue weighted by molar-refractivity contribution is 0.120. The van der Waals surface area contributed by atoms with Gasteiger partial charge in [0.2, 0.25) is 0 Å². The second-order valence-electron chi connectivity index (χ2n) is 6.20. The first kappa shape index (κ1) is 15.5. The molecule has 1 N–H and O–H groups in total. The summed E-state index contributed by atoms with van der Waals surface area (Å²) < 4.78 is 0. The minimum atomic E-state index is 0.492. The van der Waals surface area contributed by atoms with Crippen LogP contribution in [0.3, 0.4) is 0 Å². The number of hydrogen-bond donors (Lipinski definition) is 1. The molecular formula is C18H30N2. The second kappa shape index (κ2) is 7.80. The van der Waals surface area contributed by atoms with E-state index in [4.69, 9.17) is 0 Å². The minimum absolute atomic E-state index is 0.492. The van der Waals surface area contributed by atoms with Gasteiger partial charge >= 0.3 is 0 Å². The van der Waals surface area contributed by atoms with Crippen LogP contribution in [0.1, 0.15) is 51.1 Å². The van der Waals surface area contributed by atoms with Crippen molar-refractivity contribution < 1.29 is 0 Å². The van der Waals surface area contributed by atoms with Crippen LogP contribution in [0, 0.1) is 5.92 Å². The Morgan fingerprint density at radius 3 is 2.55 bits per heavy atom. The second-order valence-corrected chi connectivity index (χ2v) is 6.20. The van der Waals surface area contributed by atoms with Crippen molar-refractivity contribution in [2.75, 3.05) is 20.1 Å². The molecule has 3 unspecified atom stereocenters. The topological polar surface area (TPSA) is 15.3 Å². The molecule has 1 aromatic carbocycles. The van der Waals surface area contributed by atoms with Crippen LogP contribution in [-0.4, -0.2) is 31.1 Å². The van der Waals surface area contributed by atoms with Gasteiger partial charge in [0.15, 0.2) is 0 Å². The molecule has 112 valence electrons. The Balaban J connectivity index is 1.98. The standard InChI is InChI=1S/C18H30N2/c1-4-15-11-12-17(20(3)14-15)13-18(19-5-2)16-9-7-6-8-10-16/h6-10,15,17-19H,4-5,11-14H2,1-3H3. The van der Waals surface area contributed by atoms with E-state index in [1.807, 2.05) is 0 Å². The van der Waals surface area contributed by atoms with Crippen LogP contribution in [0.25, 0.3) is 0 Å². The van der Waals surface area contributed by atoms with Gasteiger partial charge in [0.25, 0.3) is 0 Å². The van der Waals surface area contributed by atoms with E-state index in [0.29, 0.717) is 6.04 Å². The first-order valence-electron chi connectivity index (χ1n) is 8.23. The maximum Gasteiger partial charge on any atom is 0.0335 e. The molecular weight excluding hydrogens is 244 g/mol. The van der Waals surface area contributed by atoms with Gasteiger partial charge in [-0.2, -0.15) is 0 Å². The molecule has 1 aromatic rings. The van der Waals surface area contributed by atoms with E-state index in [-0.39, 0.29) is 0 Å². The number of rotatable bonds is 6. The van der Waals surface area contributed by atoms with Gasteiger partial charge in [-0.25, -0.2) is 0 Å². The molecule has 0 saturated carbocycles. The van der Waals surface area contributed by atoms with Gasteiger partial charge in [-0.15, -0.1) is 0 Å². The third-order valence-electron chi connectivity index (χ3n) is 4.82. The maximum absolute atomic E-state index is 3.67. The lowest BCUT2D eigenvalue weighted by Crippen LogP contribution is -2.42. The summed E-state index contributed by atoms with van der Waals surface area (Å²) in [4.78, 5) is 2.59. The van der Waals surface area contributed by atoms with Crippen LogP contribution in [-0.2, 0) is 0 Å². The third kappa shape index (κ3) is 4.07. The summed E-state index contributed by atoms with van der Waals surface area (Å²) >= 11 is 0. The Labute approximate surface area is 124 Å². The SMILES string of the molecule is CCNC(CC1CCC(CC)CN1C)c1ccccc1. The molecule has 1 saturated heterocycles. The molecule has 2 heteroatoms. The van der Waals surface area contributed by atoms with Gasteiger partial charge in [-0.05, 0) is 44.3 Å². The molecule has 0 bridgehead atoms. The third-order valence-corrected chi connectivity index (χ3v) is 4.82. The van der Waals surface area contributed by atoms with Crippen LogP contribution < -0.4 is 5.32 Å². The van der Waals surface area contributed by atoms with Gasteiger partial charge in [0, 0.05) is 18.6 Å². The van der Waals surface area contributed by atoms with E-state index >= 15 is 0 Å². The van der Waals surface area contributed by atoms with E-state index in [2.05, 4.69) is 61.4 Å². The van der Waals surface area contributed by atoms with E-state index in [1.54, 1.807) is 0 Å². The first-order chi connectivity index (χ1) is 9.74. The number of nitrogens with zero attached hydrogens (tertiary/aromatic N) is 1. The van der Waals surface area contributed by atoms with Crippen molar-refractivity contribution >= 4 is 0 Å². The highest BCUT2D eigenvalue weighted by atomic mass is 15.1. The summed E-state index contributed by atoms with van der Waals surface area (Å²) in [6, 6.07) is 12.1. The number of piperidine rings is 1. The smallest absolute Gasteiger partial charge is 0.0335 e. The zero-order chi connectivity index (χ0) is 14.4. The Morgan fingerprint density at radius 1 is 1.20 bits per heavy atom. The van der Waals surface area contributed by atoms with Crippen LogP contribution in [0.15, 0.2) is 30.3 Å². The minimum Gasteiger partial charge on any atom is -0.310 e. The van der Waals surface area contributed by atoms with Crippen molar-refractivity contribution in [3.8, 4) is 0 Å². The fraction of sp³-hybridized carbons (Fsp3) is 0.667. The van der Waals surface area contributed by atoms with Gasteiger partial charge in [0.1, 0.15) is 0 Å². The average molecular weight is 274 g/mol. The fourth-order valence-electron chi connectivity index (χ4n) is 3.47. The summed E-state index contributed by atoms with van der Waals surface area (Å²) in [6.07, 6.45) is 5.31. The van der Waals surface area contributed by atoms with E-state index in [0.717, 1.165) is 18.5 Å². The van der Waals surface area contributed by atoms with Gasteiger partial charge in [0.05, 0.1) is 0 Å². The maximum atomic E-state index is 3.67. The molecule has 1 fully saturated rings. The summed E-state index contributed by atoms with van der Waals surface area (Å²) in [6.45, 7) is 6.83. The highest BCUT2D eigenvalue weighted by molar-refractivity contribution is 5.19. The molecule has 0 amide bonds. The van der Waals surface area contributed by atoms with Crippen molar-refractivity contribution in [1.29, 1.82) is 0 Å². The molecule has 20 heavy (non-hydrogen) atoms. The predicted octanol–water partition coefficient (Wildman–Crippen LogP) is 3.85. The van der Waals surface area contributed by atoms with Crippen molar-refractivity contribution in [1.82, 2.24) is 10.2 Å². The van der Waals surface area contributed by atoms with Crippen LogP contribution in [0.2, 0.25) is 0 Å². The molecule has 0 aliphatic carbocycles. The molecule has 0 spiro atoms. The molecule has 3 atom stereocenters. The lowest BCUT2D eigenvalue weighted by atomic mass is 9.87. The van der Waals surface area contributed by atoms with Crippen LogP contribution in [0.5, 0.6) is 0 Å². The molecule has 1 aliphatic rings. The van der Waals surface area contributed by atoms with Crippen molar-refractivity contribution in [2.45, 2.75) is 51.6 Å². The highest BCUT2D eigenvalue weighted by Crippen LogP contribution is 2.29. The first-order valence-corrected chi connectivity index (χ1v) is 8.23. The zero-order valence-electron chi connectivity index (χ0n) is 13.3. The number of hydrogen-bond acceptors (Lipinski definition) is 2. The van der Waals surface area contributed by atoms with Crippen molar-refractivity contribution in [3.63, 3.8) is 0 Å². The lowest BCUT2D eigenvalue weighted by Gasteiger charge is -2.39. The fourth-order valence-corrected chi connectivity index (χ4v) is 3.47.